The van der Waals surface area contributed by atoms with Crippen LogP contribution in [0.1, 0.15) is 24.5 Å². The third-order valence-electron chi connectivity index (χ3n) is 2.89. The molecule has 0 aliphatic carbocycles. The van der Waals surface area contributed by atoms with E-state index < -0.39 is 5.60 Å². The maximum Gasteiger partial charge on any atom is 0.187 e. The lowest BCUT2D eigenvalue weighted by molar-refractivity contribution is 0.159. The second kappa shape index (κ2) is 6.62. The van der Waals surface area contributed by atoms with Crippen LogP contribution in [0.2, 0.25) is 0 Å². The van der Waals surface area contributed by atoms with Crippen LogP contribution in [0.15, 0.2) is 60.7 Å². The monoisotopic (exact) mass is 260 g/mol. The molecule has 2 aromatic carbocycles. The third-order valence-corrected chi connectivity index (χ3v) is 2.89. The fourth-order valence-corrected chi connectivity index (χ4v) is 1.60. The zero-order valence-corrected chi connectivity index (χ0v) is 11.4. The molecule has 0 saturated heterocycles. The minimum atomic E-state index is -1.27. The average Bonchev–Trinajstić information content (AvgIpc) is 2.53. The second-order valence-corrected chi connectivity index (χ2v) is 4.45. The van der Waals surface area contributed by atoms with Gasteiger partial charge in [0.25, 0.3) is 0 Å². The molecule has 1 heteroatoms. The van der Waals surface area contributed by atoms with E-state index in [4.69, 9.17) is 0 Å². The molecular weight excluding hydrogens is 244 g/mol. The highest BCUT2D eigenvalue weighted by atomic mass is 16.3. The molecule has 0 aromatic heterocycles. The Balaban J connectivity index is 2.23. The number of rotatable bonds is 1. The summed E-state index contributed by atoms with van der Waals surface area (Å²) in [6.07, 6.45) is 0.465. The Morgan fingerprint density at radius 1 is 0.800 bits per heavy atom. The molecule has 0 spiro atoms. The van der Waals surface area contributed by atoms with Crippen molar-refractivity contribution in [2.45, 2.75) is 18.9 Å². The molecule has 0 aliphatic rings. The predicted molar refractivity (Wildman–Crippen MR) is 81.9 cm³/mol. The number of benzene rings is 2. The Morgan fingerprint density at radius 2 is 1.20 bits per heavy atom. The van der Waals surface area contributed by atoms with Crippen LogP contribution >= 0.6 is 0 Å². The van der Waals surface area contributed by atoms with E-state index in [1.807, 2.05) is 67.6 Å². The number of aliphatic hydroxyl groups is 1. The molecule has 98 valence electrons. The maximum absolute atomic E-state index is 10.4. The van der Waals surface area contributed by atoms with Crippen molar-refractivity contribution in [1.82, 2.24) is 0 Å². The lowest BCUT2D eigenvalue weighted by Crippen LogP contribution is -2.22. The Bertz CT molecular complexity index is 606. The molecule has 0 bridgehead atoms. The molecule has 0 radical (unpaired) electrons. The van der Waals surface area contributed by atoms with Crippen molar-refractivity contribution in [2.75, 3.05) is 0 Å². The molecule has 0 saturated carbocycles. The number of hydrogen-bond acceptors (Lipinski definition) is 1. The van der Waals surface area contributed by atoms with Crippen LogP contribution in [-0.2, 0) is 0 Å². The van der Waals surface area contributed by atoms with Gasteiger partial charge in [-0.2, -0.15) is 0 Å². The molecule has 2 aromatic rings. The van der Waals surface area contributed by atoms with E-state index in [2.05, 4.69) is 23.7 Å². The van der Waals surface area contributed by atoms with Crippen LogP contribution in [-0.4, -0.2) is 10.7 Å². The standard InChI is InChI=1S/C19H16O/c1-2-19(20,15-13-17-9-5-3-6-10-17)16-14-18-11-7-4-8-12-18/h3-12,20H,2H2,1H3. The van der Waals surface area contributed by atoms with Crippen molar-refractivity contribution in [3.8, 4) is 23.7 Å². The summed E-state index contributed by atoms with van der Waals surface area (Å²) in [6.45, 7) is 1.87. The van der Waals surface area contributed by atoms with E-state index in [-0.39, 0.29) is 0 Å². The summed E-state index contributed by atoms with van der Waals surface area (Å²) in [7, 11) is 0. The SMILES string of the molecule is CCC(O)(C#Cc1ccccc1)C#Cc1ccccc1. The van der Waals surface area contributed by atoms with Crippen molar-refractivity contribution in [1.29, 1.82) is 0 Å². The zero-order valence-electron chi connectivity index (χ0n) is 11.4. The Labute approximate surface area is 120 Å². The van der Waals surface area contributed by atoms with Gasteiger partial charge in [-0.25, -0.2) is 0 Å². The summed E-state index contributed by atoms with van der Waals surface area (Å²) < 4.78 is 0. The minimum absolute atomic E-state index is 0.465. The van der Waals surface area contributed by atoms with Gasteiger partial charge in [0.05, 0.1) is 0 Å². The van der Waals surface area contributed by atoms with Crippen molar-refractivity contribution in [3.05, 3.63) is 71.8 Å². The first-order chi connectivity index (χ1) is 9.72. The van der Waals surface area contributed by atoms with Crippen LogP contribution in [0.25, 0.3) is 0 Å². The fourth-order valence-electron chi connectivity index (χ4n) is 1.60. The molecule has 0 heterocycles. The normalized spacial score (nSPS) is 9.90. The zero-order chi connectivity index (χ0) is 14.3. The van der Waals surface area contributed by atoms with Gasteiger partial charge in [0, 0.05) is 11.1 Å². The van der Waals surface area contributed by atoms with Crippen LogP contribution in [0, 0.1) is 23.7 Å². The van der Waals surface area contributed by atoms with Crippen molar-refractivity contribution >= 4 is 0 Å². The van der Waals surface area contributed by atoms with Gasteiger partial charge in [-0.3, -0.25) is 0 Å². The molecule has 0 atom stereocenters. The fraction of sp³-hybridized carbons (Fsp3) is 0.158. The molecule has 0 amide bonds. The smallest absolute Gasteiger partial charge is 0.187 e. The van der Waals surface area contributed by atoms with E-state index in [1.54, 1.807) is 0 Å². The topological polar surface area (TPSA) is 20.2 Å². The Hall–Kier alpha value is -2.48. The first-order valence-corrected chi connectivity index (χ1v) is 6.61. The molecule has 1 N–H and O–H groups in total. The lowest BCUT2D eigenvalue weighted by atomic mass is 10.0. The highest BCUT2D eigenvalue weighted by molar-refractivity contribution is 5.43. The van der Waals surface area contributed by atoms with E-state index in [0.717, 1.165) is 11.1 Å². The summed E-state index contributed by atoms with van der Waals surface area (Å²) in [6, 6.07) is 19.2. The van der Waals surface area contributed by atoms with E-state index >= 15 is 0 Å². The van der Waals surface area contributed by atoms with Gasteiger partial charge >= 0.3 is 0 Å². The van der Waals surface area contributed by atoms with Gasteiger partial charge < -0.3 is 5.11 Å². The Morgan fingerprint density at radius 3 is 1.55 bits per heavy atom. The average molecular weight is 260 g/mol. The van der Waals surface area contributed by atoms with Crippen LogP contribution in [0.5, 0.6) is 0 Å². The molecule has 2 rings (SSSR count). The summed E-state index contributed by atoms with van der Waals surface area (Å²) in [5.41, 5.74) is 0.480. The molecule has 20 heavy (non-hydrogen) atoms. The van der Waals surface area contributed by atoms with Crippen LogP contribution in [0.4, 0.5) is 0 Å². The maximum atomic E-state index is 10.4. The molecule has 0 fully saturated rings. The number of hydrogen-bond donors (Lipinski definition) is 1. The van der Waals surface area contributed by atoms with Crippen LogP contribution in [0.3, 0.4) is 0 Å². The first-order valence-electron chi connectivity index (χ1n) is 6.61. The van der Waals surface area contributed by atoms with Crippen molar-refractivity contribution in [3.63, 3.8) is 0 Å². The molecule has 0 aliphatic heterocycles. The van der Waals surface area contributed by atoms with Gasteiger partial charge in [-0.1, -0.05) is 55.2 Å². The van der Waals surface area contributed by atoms with E-state index in [0.29, 0.717) is 6.42 Å². The van der Waals surface area contributed by atoms with Gasteiger partial charge in [0.2, 0.25) is 0 Å². The summed E-state index contributed by atoms with van der Waals surface area (Å²) in [4.78, 5) is 0. The largest absolute Gasteiger partial charge is 0.367 e. The first kappa shape index (κ1) is 13.9. The van der Waals surface area contributed by atoms with Gasteiger partial charge in [0.15, 0.2) is 5.60 Å². The minimum Gasteiger partial charge on any atom is -0.367 e. The van der Waals surface area contributed by atoms with Gasteiger partial charge in [-0.05, 0) is 42.5 Å². The van der Waals surface area contributed by atoms with Gasteiger partial charge in [-0.15, -0.1) is 0 Å². The summed E-state index contributed by atoms with van der Waals surface area (Å²) in [5.74, 6) is 11.7. The van der Waals surface area contributed by atoms with E-state index in [9.17, 15) is 5.11 Å². The highest BCUT2D eigenvalue weighted by Gasteiger charge is 2.17. The molecule has 1 nitrogen and oxygen atoms in total. The lowest BCUT2D eigenvalue weighted by Gasteiger charge is -2.11. The summed E-state index contributed by atoms with van der Waals surface area (Å²) >= 11 is 0. The molecule has 0 unspecified atom stereocenters. The van der Waals surface area contributed by atoms with Crippen molar-refractivity contribution < 1.29 is 5.11 Å². The third kappa shape index (κ3) is 4.02. The second-order valence-electron chi connectivity index (χ2n) is 4.45. The summed E-state index contributed by atoms with van der Waals surface area (Å²) in [5, 5.41) is 10.4. The van der Waals surface area contributed by atoms with E-state index in [1.165, 1.54) is 0 Å². The van der Waals surface area contributed by atoms with Crippen LogP contribution < -0.4 is 0 Å². The highest BCUT2D eigenvalue weighted by Crippen LogP contribution is 2.08. The van der Waals surface area contributed by atoms with Crippen molar-refractivity contribution in [2.24, 2.45) is 0 Å². The predicted octanol–water partition coefficient (Wildman–Crippen LogP) is 3.23. The van der Waals surface area contributed by atoms with Gasteiger partial charge in [0.1, 0.15) is 0 Å². The quantitative estimate of drug-likeness (QED) is 0.780. The Kier molecular flexibility index (Phi) is 4.61. The molecular formula is C19H16O.